The second-order valence-corrected chi connectivity index (χ2v) is 12.7. The van der Waals surface area contributed by atoms with Gasteiger partial charge < -0.3 is 19.7 Å². The average molecular weight is 359 g/mol. The number of unbranched alkanes of at least 4 members (excludes halogenated alkanes) is 2. The van der Waals surface area contributed by atoms with Crippen molar-refractivity contribution in [2.45, 2.75) is 89.8 Å². The highest BCUT2D eigenvalue weighted by Gasteiger charge is 2.38. The van der Waals surface area contributed by atoms with Crippen LogP contribution >= 0.6 is 0 Å². The molecule has 0 spiro atoms. The van der Waals surface area contributed by atoms with E-state index in [4.69, 9.17) is 9.53 Å². The van der Waals surface area contributed by atoms with Crippen molar-refractivity contribution in [1.82, 2.24) is 0 Å². The number of hydrogen-bond donors (Lipinski definition) is 3. The zero-order valence-electron chi connectivity index (χ0n) is 16.3. The molecule has 0 unspecified atom stereocenters. The van der Waals surface area contributed by atoms with Crippen molar-refractivity contribution in [2.75, 3.05) is 6.61 Å². The molecule has 0 saturated heterocycles. The molecule has 24 heavy (non-hydrogen) atoms. The van der Waals surface area contributed by atoms with Gasteiger partial charge >= 0.3 is 0 Å². The van der Waals surface area contributed by atoms with Gasteiger partial charge in [0.15, 0.2) is 8.32 Å². The predicted molar refractivity (Wildman–Crippen MR) is 104 cm³/mol. The van der Waals surface area contributed by atoms with E-state index in [-0.39, 0.29) is 11.1 Å². The lowest BCUT2D eigenvalue weighted by Gasteiger charge is -2.38. The molecular formula is C19H38O4Si. The van der Waals surface area contributed by atoms with Gasteiger partial charge in [-0.25, -0.2) is 0 Å². The largest absolute Gasteiger partial charge is 0.411 e. The molecule has 0 amide bonds. The molecule has 3 atom stereocenters. The van der Waals surface area contributed by atoms with E-state index in [2.05, 4.69) is 40.8 Å². The van der Waals surface area contributed by atoms with Crippen LogP contribution in [0.15, 0.2) is 24.3 Å². The average Bonchev–Trinajstić information content (AvgIpc) is 2.48. The van der Waals surface area contributed by atoms with E-state index in [1.165, 1.54) is 18.9 Å². The molecule has 0 heterocycles. The minimum absolute atomic E-state index is 0.0713. The van der Waals surface area contributed by atoms with Gasteiger partial charge in [-0.15, -0.1) is 0 Å². The summed E-state index contributed by atoms with van der Waals surface area (Å²) in [6, 6.07) is 0. The molecular weight excluding hydrogens is 320 g/mol. The Bertz CT molecular complexity index is 385. The summed E-state index contributed by atoms with van der Waals surface area (Å²) in [4.78, 5) is 0. The molecule has 0 aromatic heterocycles. The third-order valence-electron chi connectivity index (χ3n) is 4.67. The van der Waals surface area contributed by atoms with Crippen LogP contribution < -0.4 is 0 Å². The summed E-state index contributed by atoms with van der Waals surface area (Å²) in [5.74, 6) is 0. The molecule has 0 aromatic carbocycles. The number of rotatable bonds is 11. The normalized spacial score (nSPS) is 17.5. The van der Waals surface area contributed by atoms with Gasteiger partial charge in [-0.2, -0.15) is 0 Å². The van der Waals surface area contributed by atoms with Gasteiger partial charge in [-0.05, 0) is 24.6 Å². The summed E-state index contributed by atoms with van der Waals surface area (Å²) in [5.41, 5.74) is 0. The van der Waals surface area contributed by atoms with Crippen LogP contribution in [-0.2, 0) is 4.43 Å². The number of allylic oxidation sites excluding steroid dienone is 2. The van der Waals surface area contributed by atoms with Crippen LogP contribution in [0, 0.1) is 0 Å². The lowest BCUT2D eigenvalue weighted by molar-refractivity contribution is 0.00948. The van der Waals surface area contributed by atoms with Gasteiger partial charge in [-0.3, -0.25) is 0 Å². The van der Waals surface area contributed by atoms with E-state index in [0.717, 1.165) is 12.8 Å². The fourth-order valence-corrected chi connectivity index (χ4v) is 3.25. The van der Waals surface area contributed by atoms with Crippen LogP contribution in [0.5, 0.6) is 0 Å². The highest BCUT2D eigenvalue weighted by atomic mass is 28.4. The molecule has 0 bridgehead atoms. The van der Waals surface area contributed by atoms with Crippen molar-refractivity contribution in [1.29, 1.82) is 0 Å². The Kier molecular flexibility index (Phi) is 11.0. The van der Waals surface area contributed by atoms with E-state index in [9.17, 15) is 10.2 Å². The quantitative estimate of drug-likeness (QED) is 0.299. The first-order valence-corrected chi connectivity index (χ1v) is 12.0. The Morgan fingerprint density at radius 1 is 1.04 bits per heavy atom. The first-order valence-electron chi connectivity index (χ1n) is 9.05. The van der Waals surface area contributed by atoms with Crippen molar-refractivity contribution in [3.05, 3.63) is 24.3 Å². The summed E-state index contributed by atoms with van der Waals surface area (Å²) in [6.07, 6.45) is 9.45. The second kappa shape index (κ2) is 11.2. The Morgan fingerprint density at radius 2 is 1.62 bits per heavy atom. The molecule has 0 rings (SSSR count). The van der Waals surface area contributed by atoms with Crippen LogP contribution in [0.4, 0.5) is 0 Å². The third-order valence-corrected chi connectivity index (χ3v) is 9.18. The van der Waals surface area contributed by atoms with E-state index >= 15 is 0 Å². The zero-order chi connectivity index (χ0) is 18.8. The maximum Gasteiger partial charge on any atom is 0.192 e. The molecule has 4 nitrogen and oxygen atoms in total. The Hall–Kier alpha value is -0.463. The molecule has 3 N–H and O–H groups in total. The molecule has 0 fully saturated rings. The molecule has 0 aliphatic rings. The fraction of sp³-hybridized carbons (Fsp3) is 0.789. The van der Waals surface area contributed by atoms with Gasteiger partial charge in [0.1, 0.15) is 12.2 Å². The summed E-state index contributed by atoms with van der Waals surface area (Å²) >= 11 is 0. The van der Waals surface area contributed by atoms with Crippen LogP contribution in [-0.4, -0.2) is 48.6 Å². The first kappa shape index (κ1) is 23.5. The summed E-state index contributed by atoms with van der Waals surface area (Å²) in [5, 5.41) is 27.9. The van der Waals surface area contributed by atoms with Crippen molar-refractivity contribution in [3.8, 4) is 0 Å². The summed E-state index contributed by atoms with van der Waals surface area (Å²) in [6.45, 7) is 12.9. The topological polar surface area (TPSA) is 69.9 Å². The molecule has 0 radical (unpaired) electrons. The Balaban J connectivity index is 4.83. The van der Waals surface area contributed by atoms with Gasteiger partial charge in [0.2, 0.25) is 0 Å². The minimum atomic E-state index is -1.83. The van der Waals surface area contributed by atoms with E-state index in [1.54, 1.807) is 6.08 Å². The van der Waals surface area contributed by atoms with Crippen molar-refractivity contribution in [3.63, 3.8) is 0 Å². The number of aliphatic hydroxyl groups excluding tert-OH is 3. The Morgan fingerprint density at radius 3 is 2.12 bits per heavy atom. The fourth-order valence-electron chi connectivity index (χ4n) is 1.95. The summed E-state index contributed by atoms with van der Waals surface area (Å²) in [7, 11) is -1.83. The monoisotopic (exact) mass is 358 g/mol. The lowest BCUT2D eigenvalue weighted by atomic mass is 10.1. The molecule has 0 aliphatic carbocycles. The van der Waals surface area contributed by atoms with E-state index in [1.807, 2.05) is 12.2 Å². The lowest BCUT2D eigenvalue weighted by Crippen LogP contribution is -2.43. The number of aliphatic hydroxyl groups is 3. The summed E-state index contributed by atoms with van der Waals surface area (Å²) < 4.78 is 6.49. The smallest absolute Gasteiger partial charge is 0.192 e. The molecule has 0 aliphatic heterocycles. The first-order chi connectivity index (χ1) is 11.0. The zero-order valence-corrected chi connectivity index (χ0v) is 17.3. The van der Waals surface area contributed by atoms with Crippen molar-refractivity contribution >= 4 is 8.32 Å². The molecule has 0 aromatic rings. The highest BCUT2D eigenvalue weighted by Crippen LogP contribution is 2.37. The molecule has 0 saturated carbocycles. The SMILES string of the molecule is CCCCC[C@H](/C=C/C=C/[C@@H](O)[C@H](O)CO)O[Si](C)(C)C(C)(C)C. The predicted octanol–water partition coefficient (Wildman–Crippen LogP) is 3.78. The van der Waals surface area contributed by atoms with Crippen LogP contribution in [0.25, 0.3) is 0 Å². The van der Waals surface area contributed by atoms with Crippen molar-refractivity contribution < 1.29 is 19.7 Å². The van der Waals surface area contributed by atoms with Gasteiger partial charge in [0, 0.05) is 0 Å². The third kappa shape index (κ3) is 9.13. The highest BCUT2D eigenvalue weighted by molar-refractivity contribution is 6.74. The maximum absolute atomic E-state index is 9.59. The van der Waals surface area contributed by atoms with Crippen LogP contribution in [0.2, 0.25) is 18.1 Å². The second-order valence-electron chi connectivity index (χ2n) is 7.92. The van der Waals surface area contributed by atoms with Gasteiger partial charge in [0.05, 0.1) is 12.7 Å². The van der Waals surface area contributed by atoms with Gasteiger partial charge in [0.25, 0.3) is 0 Å². The van der Waals surface area contributed by atoms with E-state index < -0.39 is 27.1 Å². The van der Waals surface area contributed by atoms with E-state index in [0.29, 0.717) is 0 Å². The van der Waals surface area contributed by atoms with Crippen molar-refractivity contribution in [2.24, 2.45) is 0 Å². The minimum Gasteiger partial charge on any atom is -0.411 e. The maximum atomic E-state index is 9.59. The molecule has 142 valence electrons. The number of hydrogen-bond acceptors (Lipinski definition) is 4. The van der Waals surface area contributed by atoms with Crippen LogP contribution in [0.3, 0.4) is 0 Å². The standard InChI is InChI=1S/C19H38O4Si/c1-7-8-9-12-16(23-24(5,6)19(2,3)4)13-10-11-14-17(21)18(22)15-20/h10-11,13-14,16-18,20-22H,7-9,12,15H2,1-6H3/b13-10+,14-11+/t16-,17-,18-/m1/s1. The molecule has 5 heteroatoms. The van der Waals surface area contributed by atoms with Crippen LogP contribution in [0.1, 0.15) is 53.4 Å². The Labute approximate surface area is 149 Å². The van der Waals surface area contributed by atoms with Gasteiger partial charge in [-0.1, -0.05) is 71.3 Å².